The molecule has 1 aromatic carbocycles. The van der Waals surface area contributed by atoms with Crippen LogP contribution in [0.15, 0.2) is 24.3 Å². The van der Waals surface area contributed by atoms with Gasteiger partial charge >= 0.3 is 0 Å². The molecule has 3 rings (SSSR count). The van der Waals surface area contributed by atoms with Crippen LogP contribution in [0, 0.1) is 5.41 Å². The molecule has 112 valence electrons. The molecule has 1 aliphatic rings. The van der Waals surface area contributed by atoms with Crippen LogP contribution in [0.1, 0.15) is 26.2 Å². The van der Waals surface area contributed by atoms with Crippen LogP contribution in [0.25, 0.3) is 10.9 Å². The predicted molar refractivity (Wildman–Crippen MR) is 85.6 cm³/mol. The summed E-state index contributed by atoms with van der Waals surface area (Å²) in [6, 6.07) is 8.04. The molecule has 1 saturated carbocycles. The van der Waals surface area contributed by atoms with Gasteiger partial charge in [0.05, 0.1) is 5.52 Å². The van der Waals surface area contributed by atoms with Gasteiger partial charge < -0.3 is 15.7 Å². The third-order valence-corrected chi connectivity index (χ3v) is 4.17. The summed E-state index contributed by atoms with van der Waals surface area (Å²) >= 11 is 0. The lowest BCUT2D eigenvalue weighted by atomic mass is 10.0. The molecule has 5 nitrogen and oxygen atoms in total. The van der Waals surface area contributed by atoms with Gasteiger partial charge in [-0.1, -0.05) is 12.1 Å². The number of fused-ring (bicyclic) bond motifs is 1. The minimum absolute atomic E-state index is 0.259. The van der Waals surface area contributed by atoms with Crippen molar-refractivity contribution in [3.63, 3.8) is 0 Å². The van der Waals surface area contributed by atoms with Crippen LogP contribution >= 0.6 is 0 Å². The number of para-hydroxylation sites is 1. The summed E-state index contributed by atoms with van der Waals surface area (Å²) in [5.41, 5.74) is 1.21. The number of hydrogen-bond donors (Lipinski definition) is 3. The first-order valence-corrected chi connectivity index (χ1v) is 7.62. The molecule has 0 bridgehead atoms. The van der Waals surface area contributed by atoms with Crippen molar-refractivity contribution < 1.29 is 5.11 Å². The van der Waals surface area contributed by atoms with Crippen LogP contribution in [-0.4, -0.2) is 34.8 Å². The molecule has 1 aliphatic carbocycles. The molecule has 21 heavy (non-hydrogen) atoms. The Labute approximate surface area is 124 Å². The molecule has 0 unspecified atom stereocenters. The van der Waals surface area contributed by atoms with Crippen LogP contribution in [0.4, 0.5) is 11.8 Å². The highest BCUT2D eigenvalue weighted by atomic mass is 16.3. The van der Waals surface area contributed by atoms with E-state index in [1.165, 1.54) is 12.8 Å². The third kappa shape index (κ3) is 3.08. The number of hydrogen-bond acceptors (Lipinski definition) is 5. The van der Waals surface area contributed by atoms with E-state index in [2.05, 4.69) is 20.6 Å². The van der Waals surface area contributed by atoms with Gasteiger partial charge in [0.15, 0.2) is 0 Å². The lowest BCUT2D eigenvalue weighted by molar-refractivity contribution is 0.253. The molecule has 0 radical (unpaired) electrons. The maximum atomic E-state index is 9.16. The number of aromatic nitrogens is 2. The monoisotopic (exact) mass is 286 g/mol. The average molecular weight is 286 g/mol. The van der Waals surface area contributed by atoms with E-state index in [0.29, 0.717) is 5.95 Å². The van der Waals surface area contributed by atoms with Gasteiger partial charge in [0, 0.05) is 25.1 Å². The summed E-state index contributed by atoms with van der Waals surface area (Å²) in [7, 11) is 0. The minimum atomic E-state index is 0.259. The largest absolute Gasteiger partial charge is 0.396 e. The van der Waals surface area contributed by atoms with Crippen molar-refractivity contribution in [2.45, 2.75) is 26.2 Å². The third-order valence-electron chi connectivity index (χ3n) is 4.17. The lowest BCUT2D eigenvalue weighted by Crippen LogP contribution is -2.18. The first kappa shape index (κ1) is 14.1. The van der Waals surface area contributed by atoms with Crippen LogP contribution < -0.4 is 10.6 Å². The van der Waals surface area contributed by atoms with Gasteiger partial charge in [-0.05, 0) is 43.7 Å². The van der Waals surface area contributed by atoms with Crippen molar-refractivity contribution in [2.24, 2.45) is 5.41 Å². The van der Waals surface area contributed by atoms with Crippen molar-refractivity contribution in [3.8, 4) is 0 Å². The zero-order valence-corrected chi connectivity index (χ0v) is 12.4. The van der Waals surface area contributed by atoms with E-state index < -0.39 is 0 Å². The molecule has 0 aliphatic heterocycles. The van der Waals surface area contributed by atoms with Crippen LogP contribution in [-0.2, 0) is 0 Å². The van der Waals surface area contributed by atoms with Crippen molar-refractivity contribution in [1.82, 2.24) is 9.97 Å². The number of nitrogens with one attached hydrogen (secondary N) is 2. The van der Waals surface area contributed by atoms with E-state index in [4.69, 9.17) is 5.11 Å². The quantitative estimate of drug-likeness (QED) is 0.730. The number of anilines is 2. The van der Waals surface area contributed by atoms with E-state index in [0.717, 1.165) is 36.2 Å². The van der Waals surface area contributed by atoms with Crippen LogP contribution in [0.2, 0.25) is 0 Å². The normalized spacial score (nSPS) is 15.9. The first-order valence-electron chi connectivity index (χ1n) is 7.62. The zero-order chi connectivity index (χ0) is 14.7. The molecule has 0 atom stereocenters. The van der Waals surface area contributed by atoms with Crippen LogP contribution in [0.3, 0.4) is 0 Å². The highest BCUT2D eigenvalue weighted by Crippen LogP contribution is 2.48. The Bertz CT molecular complexity index is 625. The summed E-state index contributed by atoms with van der Waals surface area (Å²) in [5.74, 6) is 1.53. The lowest BCUT2D eigenvalue weighted by Gasteiger charge is -2.16. The van der Waals surface area contributed by atoms with E-state index in [9.17, 15) is 0 Å². The van der Waals surface area contributed by atoms with Gasteiger partial charge in [-0.15, -0.1) is 0 Å². The van der Waals surface area contributed by atoms with Gasteiger partial charge in [0.1, 0.15) is 5.82 Å². The second kappa shape index (κ2) is 5.85. The first-order chi connectivity index (χ1) is 10.3. The Morgan fingerprint density at radius 2 is 2.00 bits per heavy atom. The Balaban J connectivity index is 1.85. The number of aliphatic hydroxyl groups excluding tert-OH is 1. The second-order valence-corrected chi connectivity index (χ2v) is 5.77. The van der Waals surface area contributed by atoms with Crippen molar-refractivity contribution in [1.29, 1.82) is 0 Å². The Hall–Kier alpha value is -1.88. The van der Waals surface area contributed by atoms with E-state index in [1.807, 2.05) is 31.2 Å². The molecule has 0 amide bonds. The van der Waals surface area contributed by atoms with Gasteiger partial charge in [-0.3, -0.25) is 0 Å². The highest BCUT2D eigenvalue weighted by Gasteiger charge is 2.41. The molecule has 1 fully saturated rings. The summed E-state index contributed by atoms with van der Waals surface area (Å²) < 4.78 is 0. The highest BCUT2D eigenvalue weighted by molar-refractivity contribution is 5.90. The van der Waals surface area contributed by atoms with Crippen LogP contribution in [0.5, 0.6) is 0 Å². The standard InChI is InChI=1S/C16H22N4O/c1-2-17-15-19-13-6-4-3-5-12(13)14(20-15)18-11-16(7-8-16)9-10-21/h3-6,21H,2,7-11H2,1H3,(H2,17,18,19,20). The second-order valence-electron chi connectivity index (χ2n) is 5.77. The minimum Gasteiger partial charge on any atom is -0.396 e. The Morgan fingerprint density at radius 3 is 2.71 bits per heavy atom. The summed E-state index contributed by atoms with van der Waals surface area (Å²) in [6.07, 6.45) is 3.23. The molecular weight excluding hydrogens is 264 g/mol. The van der Waals surface area contributed by atoms with E-state index in [1.54, 1.807) is 0 Å². The molecular formula is C16H22N4O. The maximum Gasteiger partial charge on any atom is 0.225 e. The SMILES string of the molecule is CCNc1nc(NCC2(CCO)CC2)c2ccccc2n1. The Kier molecular flexibility index (Phi) is 3.92. The van der Waals surface area contributed by atoms with Crippen molar-refractivity contribution in [3.05, 3.63) is 24.3 Å². The van der Waals surface area contributed by atoms with Crippen molar-refractivity contribution in [2.75, 3.05) is 30.3 Å². The Morgan fingerprint density at radius 1 is 1.19 bits per heavy atom. The molecule has 0 saturated heterocycles. The van der Waals surface area contributed by atoms with Gasteiger partial charge in [-0.25, -0.2) is 4.98 Å². The molecule has 1 aromatic heterocycles. The van der Waals surface area contributed by atoms with Gasteiger partial charge in [0.2, 0.25) is 5.95 Å². The topological polar surface area (TPSA) is 70.1 Å². The fourth-order valence-corrected chi connectivity index (χ4v) is 2.65. The molecule has 3 N–H and O–H groups in total. The van der Waals surface area contributed by atoms with E-state index >= 15 is 0 Å². The molecule has 2 aromatic rings. The maximum absolute atomic E-state index is 9.16. The molecule has 5 heteroatoms. The van der Waals surface area contributed by atoms with Gasteiger partial charge in [-0.2, -0.15) is 4.98 Å². The number of nitrogens with zero attached hydrogens (tertiary/aromatic N) is 2. The smallest absolute Gasteiger partial charge is 0.225 e. The van der Waals surface area contributed by atoms with Crippen molar-refractivity contribution >= 4 is 22.7 Å². The molecule has 1 heterocycles. The van der Waals surface area contributed by atoms with E-state index in [-0.39, 0.29) is 12.0 Å². The number of rotatable bonds is 7. The predicted octanol–water partition coefficient (Wildman–Crippen LogP) is 2.64. The molecule has 0 spiro atoms. The summed E-state index contributed by atoms with van der Waals surface area (Å²) in [5, 5.41) is 16.8. The summed E-state index contributed by atoms with van der Waals surface area (Å²) in [4.78, 5) is 9.11. The fraction of sp³-hybridized carbons (Fsp3) is 0.500. The number of benzene rings is 1. The van der Waals surface area contributed by atoms with Gasteiger partial charge in [0.25, 0.3) is 0 Å². The average Bonchev–Trinajstić information content (AvgIpc) is 3.26. The number of aliphatic hydroxyl groups is 1. The summed E-state index contributed by atoms with van der Waals surface area (Å²) in [6.45, 7) is 3.95. The zero-order valence-electron chi connectivity index (χ0n) is 12.4. The fourth-order valence-electron chi connectivity index (χ4n) is 2.65.